The molecule has 1 aromatic carbocycles. The third-order valence-electron chi connectivity index (χ3n) is 6.86. The Bertz CT molecular complexity index is 1050. The fourth-order valence-electron chi connectivity index (χ4n) is 4.80. The molecule has 1 saturated heterocycles. The summed E-state index contributed by atoms with van der Waals surface area (Å²) in [6.07, 6.45) is 1.23. The molecule has 3 aromatic rings. The van der Waals surface area contributed by atoms with E-state index in [4.69, 9.17) is 0 Å². The summed E-state index contributed by atoms with van der Waals surface area (Å²) in [6, 6.07) is 10.4. The summed E-state index contributed by atoms with van der Waals surface area (Å²) < 4.78 is 44.5. The first-order chi connectivity index (χ1) is 14.4. The highest BCUT2D eigenvalue weighted by molar-refractivity contribution is 5.65. The van der Waals surface area contributed by atoms with Crippen LogP contribution in [-0.2, 0) is 11.8 Å². The SMILES string of the molecule is Cc1c(N2CCC(c3ccccc3)(C(F)(F)F)CC2)ccn2c(CC3CC3)nnc12. The van der Waals surface area contributed by atoms with Crippen molar-refractivity contribution in [1.29, 1.82) is 0 Å². The predicted octanol–water partition coefficient (Wildman–Crippen LogP) is 5.09. The van der Waals surface area contributed by atoms with E-state index in [1.807, 2.05) is 23.6 Å². The molecule has 0 radical (unpaired) electrons. The minimum absolute atomic E-state index is 0.0464. The van der Waals surface area contributed by atoms with Crippen LogP contribution in [0, 0.1) is 12.8 Å². The Hall–Kier alpha value is -2.57. The number of pyridine rings is 1. The van der Waals surface area contributed by atoms with Crippen LogP contribution in [0.2, 0.25) is 0 Å². The maximum absolute atomic E-state index is 14.2. The number of alkyl halides is 3. The lowest BCUT2D eigenvalue weighted by Gasteiger charge is -2.44. The monoisotopic (exact) mass is 414 g/mol. The quantitative estimate of drug-likeness (QED) is 0.596. The number of aryl methyl sites for hydroxylation is 1. The first-order valence-corrected chi connectivity index (χ1v) is 10.6. The van der Waals surface area contributed by atoms with E-state index in [2.05, 4.69) is 15.1 Å². The number of nitrogens with zero attached hydrogens (tertiary/aromatic N) is 4. The maximum atomic E-state index is 14.2. The van der Waals surface area contributed by atoms with E-state index >= 15 is 0 Å². The smallest absolute Gasteiger partial charge is 0.371 e. The van der Waals surface area contributed by atoms with Crippen LogP contribution in [0.1, 0.15) is 42.6 Å². The molecule has 1 aliphatic heterocycles. The Morgan fingerprint density at radius 1 is 1.03 bits per heavy atom. The summed E-state index contributed by atoms with van der Waals surface area (Å²) >= 11 is 0. The summed E-state index contributed by atoms with van der Waals surface area (Å²) in [6.45, 7) is 2.70. The first-order valence-electron chi connectivity index (χ1n) is 10.6. The van der Waals surface area contributed by atoms with Gasteiger partial charge in [-0.15, -0.1) is 10.2 Å². The summed E-state index contributed by atoms with van der Waals surface area (Å²) in [4.78, 5) is 2.07. The Morgan fingerprint density at radius 3 is 2.37 bits per heavy atom. The van der Waals surface area contributed by atoms with Gasteiger partial charge in [-0.3, -0.25) is 4.40 Å². The average Bonchev–Trinajstić information content (AvgIpc) is 3.46. The van der Waals surface area contributed by atoms with Gasteiger partial charge in [0.15, 0.2) is 5.65 Å². The van der Waals surface area contributed by atoms with Crippen LogP contribution in [0.4, 0.5) is 18.9 Å². The van der Waals surface area contributed by atoms with Crippen LogP contribution in [0.15, 0.2) is 42.6 Å². The van der Waals surface area contributed by atoms with Crippen molar-refractivity contribution in [2.24, 2.45) is 5.92 Å². The standard InChI is InChI=1S/C23H25F3N4/c1-16-19(9-12-30-20(15-17-7-8-17)27-28-21(16)30)29-13-10-22(11-14-29,23(24,25)26)18-5-3-2-4-6-18/h2-6,9,12,17H,7-8,10-11,13-15H2,1H3. The molecule has 0 bridgehead atoms. The Morgan fingerprint density at radius 2 is 1.73 bits per heavy atom. The maximum Gasteiger partial charge on any atom is 0.398 e. The molecule has 0 unspecified atom stereocenters. The molecule has 0 N–H and O–H groups in total. The van der Waals surface area contributed by atoms with Gasteiger partial charge >= 0.3 is 6.18 Å². The molecule has 2 aromatic heterocycles. The molecule has 3 heterocycles. The minimum atomic E-state index is -4.27. The number of hydrogen-bond donors (Lipinski definition) is 0. The Labute approximate surface area is 173 Å². The second kappa shape index (κ2) is 7.00. The molecular formula is C23H25F3N4. The lowest BCUT2D eigenvalue weighted by atomic mass is 9.72. The van der Waals surface area contributed by atoms with Crippen LogP contribution in [0.5, 0.6) is 0 Å². The molecule has 5 rings (SSSR count). The molecular weight excluding hydrogens is 389 g/mol. The average molecular weight is 414 g/mol. The van der Waals surface area contributed by atoms with Gasteiger partial charge in [-0.25, -0.2) is 0 Å². The highest BCUT2D eigenvalue weighted by Crippen LogP contribution is 2.49. The van der Waals surface area contributed by atoms with Crippen molar-refractivity contribution in [3.63, 3.8) is 0 Å². The molecule has 2 fully saturated rings. The van der Waals surface area contributed by atoms with Crippen molar-refractivity contribution in [2.75, 3.05) is 18.0 Å². The van der Waals surface area contributed by atoms with Crippen molar-refractivity contribution in [1.82, 2.24) is 14.6 Å². The number of fused-ring (bicyclic) bond motifs is 1. The van der Waals surface area contributed by atoms with Gasteiger partial charge in [0.05, 0.1) is 5.41 Å². The van der Waals surface area contributed by atoms with Gasteiger partial charge in [0.2, 0.25) is 0 Å². The molecule has 30 heavy (non-hydrogen) atoms. The number of halogens is 3. The highest BCUT2D eigenvalue weighted by Gasteiger charge is 2.56. The van der Waals surface area contributed by atoms with Crippen LogP contribution in [0.25, 0.3) is 5.65 Å². The van der Waals surface area contributed by atoms with Gasteiger partial charge < -0.3 is 4.90 Å². The zero-order chi connectivity index (χ0) is 20.9. The molecule has 4 nitrogen and oxygen atoms in total. The van der Waals surface area contributed by atoms with E-state index in [1.165, 1.54) is 12.8 Å². The summed E-state index contributed by atoms with van der Waals surface area (Å²) in [5.74, 6) is 1.69. The third-order valence-corrected chi connectivity index (χ3v) is 6.86. The number of benzene rings is 1. The summed E-state index contributed by atoms with van der Waals surface area (Å²) in [5.41, 5.74) is 1.32. The second-order valence-electron chi connectivity index (χ2n) is 8.72. The van der Waals surface area contributed by atoms with Crippen LogP contribution in [0.3, 0.4) is 0 Å². The normalized spacial score (nSPS) is 19.4. The fraction of sp³-hybridized carbons (Fsp3) is 0.478. The lowest BCUT2D eigenvalue weighted by Crippen LogP contribution is -2.51. The van der Waals surface area contributed by atoms with Crippen molar-refractivity contribution in [3.8, 4) is 0 Å². The summed E-state index contributed by atoms with van der Waals surface area (Å²) in [5, 5.41) is 8.74. The first kappa shape index (κ1) is 19.4. The third kappa shape index (κ3) is 3.15. The van der Waals surface area contributed by atoms with Crippen LogP contribution in [-0.4, -0.2) is 33.9 Å². The van der Waals surface area contributed by atoms with Crippen molar-refractivity contribution in [2.45, 2.75) is 50.6 Å². The van der Waals surface area contributed by atoms with E-state index in [0.29, 0.717) is 24.6 Å². The van der Waals surface area contributed by atoms with E-state index in [0.717, 1.165) is 29.1 Å². The number of piperidine rings is 1. The molecule has 0 spiro atoms. The number of hydrogen-bond acceptors (Lipinski definition) is 3. The molecule has 1 saturated carbocycles. The number of rotatable bonds is 4. The van der Waals surface area contributed by atoms with Gasteiger partial charge in [0.1, 0.15) is 5.82 Å². The number of aromatic nitrogens is 3. The van der Waals surface area contributed by atoms with Crippen molar-refractivity contribution >= 4 is 11.3 Å². The minimum Gasteiger partial charge on any atom is -0.371 e. The molecule has 7 heteroatoms. The van der Waals surface area contributed by atoms with Gasteiger partial charge in [0, 0.05) is 37.0 Å². The molecule has 1 aliphatic carbocycles. The van der Waals surface area contributed by atoms with E-state index in [1.54, 1.807) is 30.3 Å². The van der Waals surface area contributed by atoms with Gasteiger partial charge in [-0.1, -0.05) is 30.3 Å². The zero-order valence-corrected chi connectivity index (χ0v) is 17.0. The molecule has 0 amide bonds. The zero-order valence-electron chi connectivity index (χ0n) is 17.0. The van der Waals surface area contributed by atoms with E-state index in [-0.39, 0.29) is 12.8 Å². The Kier molecular flexibility index (Phi) is 4.52. The fourth-order valence-corrected chi connectivity index (χ4v) is 4.80. The summed E-state index contributed by atoms with van der Waals surface area (Å²) in [7, 11) is 0. The molecule has 2 aliphatic rings. The number of anilines is 1. The van der Waals surface area contributed by atoms with Crippen molar-refractivity contribution in [3.05, 3.63) is 59.5 Å². The van der Waals surface area contributed by atoms with Gasteiger partial charge in [-0.05, 0) is 50.2 Å². The predicted molar refractivity (Wildman–Crippen MR) is 110 cm³/mol. The van der Waals surface area contributed by atoms with Gasteiger partial charge in [-0.2, -0.15) is 13.2 Å². The molecule has 158 valence electrons. The second-order valence-corrected chi connectivity index (χ2v) is 8.72. The lowest BCUT2D eigenvalue weighted by molar-refractivity contribution is -0.196. The highest BCUT2D eigenvalue weighted by atomic mass is 19.4. The van der Waals surface area contributed by atoms with Crippen molar-refractivity contribution < 1.29 is 13.2 Å². The topological polar surface area (TPSA) is 33.4 Å². The Balaban J connectivity index is 1.42. The van der Waals surface area contributed by atoms with E-state index in [9.17, 15) is 13.2 Å². The van der Waals surface area contributed by atoms with Gasteiger partial charge in [0.25, 0.3) is 0 Å². The van der Waals surface area contributed by atoms with Crippen LogP contribution < -0.4 is 4.90 Å². The van der Waals surface area contributed by atoms with Crippen LogP contribution >= 0.6 is 0 Å². The van der Waals surface area contributed by atoms with E-state index < -0.39 is 11.6 Å². The molecule has 0 atom stereocenters. The largest absolute Gasteiger partial charge is 0.398 e.